The summed E-state index contributed by atoms with van der Waals surface area (Å²) in [7, 11) is 2.76. The first-order chi connectivity index (χ1) is 21.7. The Labute approximate surface area is 255 Å². The summed E-state index contributed by atoms with van der Waals surface area (Å²) in [5, 5.41) is 3.00. The van der Waals surface area contributed by atoms with E-state index < -0.39 is 29.4 Å². The number of fused-ring (bicyclic) bond motifs is 1. The van der Waals surface area contributed by atoms with Crippen LogP contribution >= 0.6 is 0 Å². The second-order valence-corrected chi connectivity index (χ2v) is 10.5. The lowest BCUT2D eigenvalue weighted by Gasteiger charge is -2.28. The normalized spacial score (nSPS) is 12.6. The smallest absolute Gasteiger partial charge is 0.343 e. The summed E-state index contributed by atoms with van der Waals surface area (Å²) in [6, 6.07) is 17.1. The van der Waals surface area contributed by atoms with E-state index in [1.54, 1.807) is 41.3 Å². The number of ether oxygens (including phenoxy) is 1. The zero-order chi connectivity index (χ0) is 31.8. The van der Waals surface area contributed by atoms with E-state index in [9.17, 15) is 9.59 Å². The Hall–Kier alpha value is -5.49. The highest BCUT2D eigenvalue weighted by molar-refractivity contribution is 6.06. The lowest BCUT2D eigenvalue weighted by Crippen LogP contribution is -2.27. The molecule has 0 saturated heterocycles. The monoisotopic (exact) mass is 615 g/mol. The molecule has 5 N–H and O–H groups in total. The van der Waals surface area contributed by atoms with Gasteiger partial charge in [-0.1, -0.05) is 18.2 Å². The van der Waals surface area contributed by atoms with Gasteiger partial charge >= 0.3 is 6.03 Å². The minimum absolute atomic E-state index is 0.180. The van der Waals surface area contributed by atoms with Gasteiger partial charge in [-0.05, 0) is 73.0 Å². The fourth-order valence-corrected chi connectivity index (χ4v) is 5.45. The number of aromatic amines is 1. The van der Waals surface area contributed by atoms with Gasteiger partial charge in [0.2, 0.25) is 5.91 Å². The standard InChI is InChI=1S/C33H28F3N5O4/c1-44-31-22(17-6-8-18(9-7-17)32(37)42)16-28(41(20-11-12-20)30-24(34)4-3-5-25(30)35)23-15-27(39-29(23)31)21-13-10-19(14-26(21)36)38-33(43)40-45-2/h3-10,13-16,20,39H,11-12H2,1-2H3,(H2,37,42)(H2,38,40,43). The number of methoxy groups -OCH3 is 1. The van der Waals surface area contributed by atoms with Gasteiger partial charge in [0.1, 0.15) is 23.1 Å². The van der Waals surface area contributed by atoms with E-state index >= 15 is 13.2 Å². The molecule has 1 aliphatic carbocycles. The van der Waals surface area contributed by atoms with Gasteiger partial charge < -0.3 is 25.7 Å². The van der Waals surface area contributed by atoms with Crippen molar-refractivity contribution in [2.24, 2.45) is 5.73 Å². The molecule has 1 aliphatic rings. The van der Waals surface area contributed by atoms with Crippen LogP contribution in [-0.2, 0) is 4.84 Å². The minimum Gasteiger partial charge on any atom is -0.494 e. The van der Waals surface area contributed by atoms with Crippen LogP contribution in [0.25, 0.3) is 33.3 Å². The number of nitrogens with one attached hydrogen (secondary N) is 3. The lowest BCUT2D eigenvalue weighted by molar-refractivity contribution is 0.1000. The van der Waals surface area contributed by atoms with E-state index in [-0.39, 0.29) is 23.0 Å². The molecule has 5 aromatic rings. The first kappa shape index (κ1) is 29.6. The summed E-state index contributed by atoms with van der Waals surface area (Å²) in [6.45, 7) is 0. The van der Waals surface area contributed by atoms with E-state index in [1.165, 1.54) is 44.6 Å². The number of halogens is 3. The molecule has 12 heteroatoms. The van der Waals surface area contributed by atoms with Crippen molar-refractivity contribution in [1.29, 1.82) is 0 Å². The molecule has 1 aromatic heterocycles. The molecule has 0 aliphatic heterocycles. The second kappa shape index (κ2) is 11.9. The molecule has 0 atom stereocenters. The second-order valence-electron chi connectivity index (χ2n) is 10.5. The Kier molecular flexibility index (Phi) is 7.81. The largest absolute Gasteiger partial charge is 0.494 e. The van der Waals surface area contributed by atoms with Crippen LogP contribution in [0.15, 0.2) is 72.8 Å². The number of nitrogens with zero attached hydrogens (tertiary/aromatic N) is 1. The maximum atomic E-state index is 15.5. The molecule has 1 fully saturated rings. The summed E-state index contributed by atoms with van der Waals surface area (Å²) in [4.78, 5) is 33.0. The van der Waals surface area contributed by atoms with Gasteiger partial charge in [-0.3, -0.25) is 9.63 Å². The van der Waals surface area contributed by atoms with E-state index in [0.29, 0.717) is 57.6 Å². The predicted octanol–water partition coefficient (Wildman–Crippen LogP) is 7.01. The van der Waals surface area contributed by atoms with Crippen LogP contribution in [0.3, 0.4) is 0 Å². The summed E-state index contributed by atoms with van der Waals surface area (Å²) in [6.07, 6.45) is 1.42. The third-order valence-electron chi connectivity index (χ3n) is 7.59. The number of amides is 3. The maximum Gasteiger partial charge on any atom is 0.343 e. The van der Waals surface area contributed by atoms with Gasteiger partial charge in [0.15, 0.2) is 5.75 Å². The van der Waals surface area contributed by atoms with E-state index in [4.69, 9.17) is 10.5 Å². The topological polar surface area (TPSA) is 122 Å². The number of rotatable bonds is 9. The van der Waals surface area contributed by atoms with Gasteiger partial charge in [-0.2, -0.15) is 0 Å². The molecule has 0 spiro atoms. The highest BCUT2D eigenvalue weighted by atomic mass is 19.1. The molecule has 0 radical (unpaired) electrons. The molecular weight excluding hydrogens is 587 g/mol. The number of carbonyl (C=O) groups excluding carboxylic acids is 2. The number of urea groups is 1. The predicted molar refractivity (Wildman–Crippen MR) is 165 cm³/mol. The highest BCUT2D eigenvalue weighted by Crippen LogP contribution is 2.49. The molecular formula is C33H28F3N5O4. The Morgan fingerprint density at radius 1 is 0.911 bits per heavy atom. The lowest BCUT2D eigenvalue weighted by atomic mass is 9.99. The molecule has 1 saturated carbocycles. The van der Waals surface area contributed by atoms with Crippen LogP contribution in [0.5, 0.6) is 5.75 Å². The summed E-state index contributed by atoms with van der Waals surface area (Å²) in [5.74, 6) is -2.28. The van der Waals surface area contributed by atoms with Crippen molar-refractivity contribution in [2.75, 3.05) is 24.4 Å². The molecule has 1 heterocycles. The number of benzene rings is 4. The first-order valence-electron chi connectivity index (χ1n) is 14.0. The van der Waals surface area contributed by atoms with Crippen molar-refractivity contribution >= 4 is 39.9 Å². The number of anilines is 3. The van der Waals surface area contributed by atoms with Gasteiger partial charge in [0.25, 0.3) is 0 Å². The summed E-state index contributed by atoms with van der Waals surface area (Å²) in [5.41, 5.74) is 10.5. The Morgan fingerprint density at radius 2 is 1.62 bits per heavy atom. The number of nitrogens with two attached hydrogens (primary N) is 1. The maximum absolute atomic E-state index is 15.5. The third kappa shape index (κ3) is 5.63. The average molecular weight is 616 g/mol. The zero-order valence-corrected chi connectivity index (χ0v) is 24.2. The number of hydrogen-bond donors (Lipinski definition) is 4. The van der Waals surface area contributed by atoms with Crippen molar-refractivity contribution in [3.05, 3.63) is 95.8 Å². The number of primary amides is 1. The fourth-order valence-electron chi connectivity index (χ4n) is 5.45. The van der Waals surface area contributed by atoms with Gasteiger partial charge in [0, 0.05) is 39.5 Å². The van der Waals surface area contributed by atoms with E-state index in [2.05, 4.69) is 20.6 Å². The fraction of sp³-hybridized carbons (Fsp3) is 0.152. The van der Waals surface area contributed by atoms with Crippen molar-refractivity contribution < 1.29 is 32.3 Å². The Balaban J connectivity index is 1.57. The summed E-state index contributed by atoms with van der Waals surface area (Å²) >= 11 is 0. The molecule has 45 heavy (non-hydrogen) atoms. The van der Waals surface area contributed by atoms with Crippen molar-refractivity contribution in [1.82, 2.24) is 10.5 Å². The SMILES string of the molecule is CONC(=O)Nc1ccc(-c2cc3c(N(c4c(F)cccc4F)C4CC4)cc(-c4ccc(C(N)=O)cc4)c(OC)c3[nH]2)c(F)c1. The first-order valence-corrected chi connectivity index (χ1v) is 14.0. The van der Waals surface area contributed by atoms with Gasteiger partial charge in [0.05, 0.1) is 25.4 Å². The zero-order valence-electron chi connectivity index (χ0n) is 24.2. The van der Waals surface area contributed by atoms with Crippen LogP contribution in [0.1, 0.15) is 23.2 Å². The number of H-pyrrole nitrogens is 1. The molecule has 3 amide bonds. The Morgan fingerprint density at radius 3 is 2.22 bits per heavy atom. The quantitative estimate of drug-likeness (QED) is 0.133. The number of para-hydroxylation sites is 1. The molecule has 4 aromatic carbocycles. The van der Waals surface area contributed by atoms with E-state index in [0.717, 1.165) is 6.07 Å². The number of aromatic nitrogens is 1. The van der Waals surface area contributed by atoms with Crippen LogP contribution < -0.4 is 26.2 Å². The van der Waals surface area contributed by atoms with Crippen molar-refractivity contribution in [3.8, 4) is 28.1 Å². The van der Waals surface area contributed by atoms with Crippen LogP contribution in [0.4, 0.5) is 35.0 Å². The molecule has 0 unspecified atom stereocenters. The number of hydrogen-bond acceptors (Lipinski definition) is 5. The van der Waals surface area contributed by atoms with Crippen LogP contribution in [0.2, 0.25) is 0 Å². The van der Waals surface area contributed by atoms with Crippen molar-refractivity contribution in [2.45, 2.75) is 18.9 Å². The third-order valence-corrected chi connectivity index (χ3v) is 7.59. The average Bonchev–Trinajstić information content (AvgIpc) is 3.75. The Bertz CT molecular complexity index is 1920. The highest BCUT2D eigenvalue weighted by Gasteiger charge is 2.36. The van der Waals surface area contributed by atoms with Crippen LogP contribution in [0, 0.1) is 17.5 Å². The van der Waals surface area contributed by atoms with Crippen molar-refractivity contribution in [3.63, 3.8) is 0 Å². The molecule has 230 valence electrons. The van der Waals surface area contributed by atoms with Crippen LogP contribution in [-0.4, -0.2) is 37.2 Å². The summed E-state index contributed by atoms with van der Waals surface area (Å²) < 4.78 is 52.0. The number of hydroxylamine groups is 1. The molecule has 0 bridgehead atoms. The number of carbonyl (C=O) groups is 2. The molecule has 9 nitrogen and oxygen atoms in total. The molecule has 6 rings (SSSR count). The van der Waals surface area contributed by atoms with Gasteiger partial charge in [-0.25, -0.2) is 23.4 Å². The van der Waals surface area contributed by atoms with Gasteiger partial charge in [-0.15, -0.1) is 0 Å². The van der Waals surface area contributed by atoms with E-state index in [1.807, 2.05) is 0 Å². The minimum atomic E-state index is -0.722.